The van der Waals surface area contributed by atoms with Gasteiger partial charge in [0, 0.05) is 13.2 Å². The van der Waals surface area contributed by atoms with Crippen molar-refractivity contribution in [2.75, 3.05) is 14.2 Å². The number of nitrogens with zero attached hydrogens (tertiary/aromatic N) is 1. The largest absolute Gasteiger partial charge is 0.465 e. The maximum Gasteiger partial charge on any atom is 0.338 e. The highest BCUT2D eigenvalue weighted by atomic mass is 16.5. The SMILES string of the molecule is COC(=O)c1cc(C2NC3CC(OC)CC3N2O)c(C)cc1C. The van der Waals surface area contributed by atoms with Gasteiger partial charge in [0.05, 0.1) is 24.8 Å². The van der Waals surface area contributed by atoms with Crippen LogP contribution >= 0.6 is 0 Å². The maximum absolute atomic E-state index is 11.9. The van der Waals surface area contributed by atoms with E-state index in [4.69, 9.17) is 9.47 Å². The van der Waals surface area contributed by atoms with E-state index in [-0.39, 0.29) is 30.3 Å². The second-order valence-electron chi connectivity index (χ2n) is 6.47. The summed E-state index contributed by atoms with van der Waals surface area (Å²) < 4.78 is 10.3. The minimum Gasteiger partial charge on any atom is -0.465 e. The Balaban J connectivity index is 1.90. The Morgan fingerprint density at radius 3 is 2.61 bits per heavy atom. The molecule has 0 spiro atoms. The fourth-order valence-electron chi connectivity index (χ4n) is 3.83. The highest BCUT2D eigenvalue weighted by Crippen LogP contribution is 2.38. The lowest BCUT2D eigenvalue weighted by Crippen LogP contribution is -2.31. The van der Waals surface area contributed by atoms with E-state index >= 15 is 0 Å². The molecule has 2 fully saturated rings. The first-order valence-electron chi connectivity index (χ1n) is 7.91. The first-order valence-corrected chi connectivity index (χ1v) is 7.91. The van der Waals surface area contributed by atoms with Crippen LogP contribution < -0.4 is 5.32 Å². The Hall–Kier alpha value is -1.47. The number of fused-ring (bicyclic) bond motifs is 1. The molecule has 1 saturated carbocycles. The summed E-state index contributed by atoms with van der Waals surface area (Å²) in [5, 5.41) is 15.5. The Bertz CT molecular complexity index is 619. The van der Waals surface area contributed by atoms with Gasteiger partial charge in [0.2, 0.25) is 0 Å². The summed E-state index contributed by atoms with van der Waals surface area (Å²) in [5.74, 6) is -0.356. The van der Waals surface area contributed by atoms with Crippen LogP contribution in [0.3, 0.4) is 0 Å². The normalized spacial score (nSPS) is 30.5. The average molecular weight is 320 g/mol. The van der Waals surface area contributed by atoms with Crippen molar-refractivity contribution in [3.8, 4) is 0 Å². The fraction of sp³-hybridized carbons (Fsp3) is 0.588. The number of hydrogen-bond donors (Lipinski definition) is 2. The monoisotopic (exact) mass is 320 g/mol. The summed E-state index contributed by atoms with van der Waals surface area (Å²) in [4.78, 5) is 11.9. The van der Waals surface area contributed by atoms with Crippen LogP contribution in [0.2, 0.25) is 0 Å². The van der Waals surface area contributed by atoms with Crippen molar-refractivity contribution in [3.05, 3.63) is 34.4 Å². The molecule has 126 valence electrons. The van der Waals surface area contributed by atoms with Crippen molar-refractivity contribution in [2.24, 2.45) is 0 Å². The fourth-order valence-corrected chi connectivity index (χ4v) is 3.83. The number of aryl methyl sites for hydroxylation is 2. The Kier molecular flexibility index (Phi) is 4.42. The van der Waals surface area contributed by atoms with Gasteiger partial charge in [-0.3, -0.25) is 5.32 Å². The third-order valence-corrected chi connectivity index (χ3v) is 5.11. The van der Waals surface area contributed by atoms with E-state index < -0.39 is 0 Å². The van der Waals surface area contributed by atoms with Crippen molar-refractivity contribution in [1.82, 2.24) is 10.4 Å². The lowest BCUT2D eigenvalue weighted by atomic mass is 9.98. The molecule has 1 saturated heterocycles. The molecule has 1 heterocycles. The minimum absolute atomic E-state index is 0.0345. The quantitative estimate of drug-likeness (QED) is 0.829. The number of esters is 1. The first-order chi connectivity index (χ1) is 11.0. The van der Waals surface area contributed by atoms with E-state index in [0.717, 1.165) is 29.5 Å². The molecule has 0 radical (unpaired) electrons. The molecule has 2 N–H and O–H groups in total. The van der Waals surface area contributed by atoms with Crippen molar-refractivity contribution >= 4 is 5.97 Å². The predicted molar refractivity (Wildman–Crippen MR) is 84.4 cm³/mol. The van der Waals surface area contributed by atoms with E-state index in [0.29, 0.717) is 5.56 Å². The number of methoxy groups -OCH3 is 2. The number of hydrogen-bond acceptors (Lipinski definition) is 6. The van der Waals surface area contributed by atoms with Gasteiger partial charge < -0.3 is 14.7 Å². The van der Waals surface area contributed by atoms with Gasteiger partial charge >= 0.3 is 5.97 Å². The minimum atomic E-state index is -0.356. The van der Waals surface area contributed by atoms with Crippen LogP contribution in [0.25, 0.3) is 0 Å². The van der Waals surface area contributed by atoms with E-state index in [1.54, 1.807) is 7.11 Å². The number of benzene rings is 1. The predicted octanol–water partition coefficient (Wildman–Crippen LogP) is 1.93. The number of nitrogens with one attached hydrogen (secondary N) is 1. The van der Waals surface area contributed by atoms with Crippen LogP contribution in [0.4, 0.5) is 0 Å². The molecule has 23 heavy (non-hydrogen) atoms. The van der Waals surface area contributed by atoms with E-state index in [1.165, 1.54) is 12.2 Å². The lowest BCUT2D eigenvalue weighted by molar-refractivity contribution is -0.141. The van der Waals surface area contributed by atoms with Crippen molar-refractivity contribution in [1.29, 1.82) is 0 Å². The van der Waals surface area contributed by atoms with Gasteiger partial charge in [0.1, 0.15) is 6.17 Å². The lowest BCUT2D eigenvalue weighted by Gasteiger charge is -2.25. The van der Waals surface area contributed by atoms with Crippen LogP contribution in [0.5, 0.6) is 0 Å². The van der Waals surface area contributed by atoms with Gasteiger partial charge in [-0.15, -0.1) is 0 Å². The van der Waals surface area contributed by atoms with Gasteiger partial charge in [0.15, 0.2) is 0 Å². The summed E-state index contributed by atoms with van der Waals surface area (Å²) in [7, 11) is 3.08. The number of carbonyl (C=O) groups excluding carboxylic acids is 1. The Morgan fingerprint density at radius 2 is 2.00 bits per heavy atom. The van der Waals surface area contributed by atoms with Crippen LogP contribution in [0, 0.1) is 13.8 Å². The first kappa shape index (κ1) is 16.4. The van der Waals surface area contributed by atoms with Crippen molar-refractivity contribution < 1.29 is 19.5 Å². The molecule has 1 aromatic rings. The summed E-state index contributed by atoms with van der Waals surface area (Å²) in [6, 6.07) is 4.01. The molecule has 4 atom stereocenters. The van der Waals surface area contributed by atoms with Crippen LogP contribution in [0.1, 0.15) is 46.1 Å². The molecule has 1 aliphatic heterocycles. The molecular formula is C17H24N2O4. The highest BCUT2D eigenvalue weighted by Gasteiger charge is 2.47. The van der Waals surface area contributed by atoms with Crippen molar-refractivity contribution in [3.63, 3.8) is 0 Å². The second kappa shape index (κ2) is 6.20. The molecule has 0 bridgehead atoms. The summed E-state index contributed by atoms with van der Waals surface area (Å²) in [6.45, 7) is 3.88. The van der Waals surface area contributed by atoms with Crippen LogP contribution in [0.15, 0.2) is 12.1 Å². The highest BCUT2D eigenvalue weighted by molar-refractivity contribution is 5.91. The third-order valence-electron chi connectivity index (χ3n) is 5.11. The maximum atomic E-state index is 11.9. The molecule has 3 rings (SSSR count). The Labute approximate surface area is 136 Å². The third kappa shape index (κ3) is 2.76. The van der Waals surface area contributed by atoms with E-state index in [9.17, 15) is 10.0 Å². The molecule has 4 unspecified atom stereocenters. The Morgan fingerprint density at radius 1 is 1.26 bits per heavy atom. The summed E-state index contributed by atoms with van der Waals surface area (Å²) >= 11 is 0. The smallest absolute Gasteiger partial charge is 0.338 e. The van der Waals surface area contributed by atoms with Gasteiger partial charge in [-0.25, -0.2) is 4.79 Å². The number of hydroxylamine groups is 2. The van der Waals surface area contributed by atoms with Crippen LogP contribution in [-0.2, 0) is 9.47 Å². The molecule has 6 nitrogen and oxygen atoms in total. The van der Waals surface area contributed by atoms with Crippen LogP contribution in [-0.4, -0.2) is 48.6 Å². The standard InChI is InChI=1S/C17H24N2O4/c1-9-5-10(2)13(17(20)23-4)8-12(9)16-18-14-6-11(22-3)7-15(14)19(16)21/h5,8,11,14-16,18,21H,6-7H2,1-4H3. The molecule has 6 heteroatoms. The zero-order valence-corrected chi connectivity index (χ0v) is 14.0. The molecule has 0 amide bonds. The van der Waals surface area contributed by atoms with E-state index in [2.05, 4.69) is 5.32 Å². The zero-order chi connectivity index (χ0) is 16.7. The molecule has 1 aliphatic carbocycles. The summed E-state index contributed by atoms with van der Waals surface area (Å²) in [5.41, 5.74) is 3.35. The van der Waals surface area contributed by atoms with E-state index in [1.807, 2.05) is 26.0 Å². The molecule has 1 aromatic carbocycles. The van der Waals surface area contributed by atoms with Gasteiger partial charge in [-0.2, -0.15) is 5.06 Å². The average Bonchev–Trinajstić information content (AvgIpc) is 3.06. The number of rotatable bonds is 3. The summed E-state index contributed by atoms with van der Waals surface area (Å²) in [6.07, 6.45) is 1.55. The number of carbonyl (C=O) groups is 1. The van der Waals surface area contributed by atoms with Gasteiger partial charge in [-0.05, 0) is 49.4 Å². The van der Waals surface area contributed by atoms with Crippen molar-refractivity contribution in [2.45, 2.75) is 51.0 Å². The van der Waals surface area contributed by atoms with Gasteiger partial charge in [0.25, 0.3) is 0 Å². The number of ether oxygens (including phenoxy) is 2. The van der Waals surface area contributed by atoms with Gasteiger partial charge in [-0.1, -0.05) is 6.07 Å². The molecular weight excluding hydrogens is 296 g/mol. The molecule has 0 aromatic heterocycles. The topological polar surface area (TPSA) is 71.0 Å². The zero-order valence-electron chi connectivity index (χ0n) is 14.0. The molecule has 2 aliphatic rings. The second-order valence-corrected chi connectivity index (χ2v) is 6.47.